The molecule has 3 aromatic rings. The van der Waals surface area contributed by atoms with Gasteiger partial charge in [-0.1, -0.05) is 22.0 Å². The van der Waals surface area contributed by atoms with Gasteiger partial charge in [0.2, 0.25) is 0 Å². The lowest BCUT2D eigenvalue weighted by Gasteiger charge is -2.13. The molecule has 0 bridgehead atoms. The van der Waals surface area contributed by atoms with Crippen LogP contribution in [0.2, 0.25) is 0 Å². The van der Waals surface area contributed by atoms with Crippen molar-refractivity contribution in [1.82, 2.24) is 9.66 Å². The van der Waals surface area contributed by atoms with Crippen molar-refractivity contribution in [3.05, 3.63) is 60.9 Å². The molecule has 0 atom stereocenters. The van der Waals surface area contributed by atoms with E-state index in [4.69, 9.17) is 0 Å². The highest BCUT2D eigenvalue weighted by atomic mass is 79.9. The van der Waals surface area contributed by atoms with E-state index in [1.54, 1.807) is 36.5 Å². The van der Waals surface area contributed by atoms with Crippen molar-refractivity contribution in [2.45, 2.75) is 32.6 Å². The van der Waals surface area contributed by atoms with E-state index in [0.29, 0.717) is 16.8 Å². The van der Waals surface area contributed by atoms with Gasteiger partial charge in [-0.2, -0.15) is 0 Å². The van der Waals surface area contributed by atoms with Gasteiger partial charge in [0.1, 0.15) is 10.7 Å². The summed E-state index contributed by atoms with van der Waals surface area (Å²) >= 11 is 4.96. The zero-order valence-corrected chi connectivity index (χ0v) is 16.0. The van der Waals surface area contributed by atoms with Crippen LogP contribution in [-0.2, 0) is 12.8 Å². The molecule has 1 aromatic carbocycles. The second-order valence-electron chi connectivity index (χ2n) is 6.14. The number of carbonyl (C=O) groups is 1. The van der Waals surface area contributed by atoms with Gasteiger partial charge in [0.15, 0.2) is 0 Å². The second-order valence-corrected chi connectivity index (χ2v) is 8.14. The number of rotatable bonds is 2. The fourth-order valence-electron chi connectivity index (χ4n) is 3.23. The van der Waals surface area contributed by atoms with E-state index in [2.05, 4.69) is 26.3 Å². The Balaban J connectivity index is 1.79. The average molecular weight is 418 g/mol. The Kier molecular flexibility index (Phi) is 4.21. The van der Waals surface area contributed by atoms with Gasteiger partial charge >= 0.3 is 0 Å². The first kappa shape index (κ1) is 16.5. The zero-order valence-electron chi connectivity index (χ0n) is 13.6. The normalized spacial score (nSPS) is 13.7. The molecule has 1 aliphatic rings. The average Bonchev–Trinajstić information content (AvgIpc) is 2.96. The molecule has 2 heterocycles. The summed E-state index contributed by atoms with van der Waals surface area (Å²) in [6, 6.07) is 7.05. The third-order valence-corrected chi connectivity index (χ3v) is 6.14. The van der Waals surface area contributed by atoms with Crippen LogP contribution in [0, 0.1) is 6.92 Å². The Hall–Kier alpha value is -1.99. The van der Waals surface area contributed by atoms with Crippen LogP contribution in [0.25, 0.3) is 10.2 Å². The molecule has 25 heavy (non-hydrogen) atoms. The highest BCUT2D eigenvalue weighted by Crippen LogP contribution is 2.33. The number of fused-ring (bicyclic) bond motifs is 3. The lowest BCUT2D eigenvalue weighted by molar-refractivity contribution is 0.101. The first-order chi connectivity index (χ1) is 12.0. The van der Waals surface area contributed by atoms with Crippen molar-refractivity contribution in [3.63, 3.8) is 0 Å². The third kappa shape index (κ3) is 2.91. The van der Waals surface area contributed by atoms with Crippen LogP contribution in [0.4, 0.5) is 0 Å². The number of aryl methyl sites for hydroxylation is 3. The SMILES string of the molecule is Cc1nc2sc3c(c2c(=O)n1NC(=O)c1cccc(Br)c1)CCCC3. The summed E-state index contributed by atoms with van der Waals surface area (Å²) < 4.78 is 2.08. The van der Waals surface area contributed by atoms with E-state index in [9.17, 15) is 9.59 Å². The fourth-order valence-corrected chi connectivity index (χ4v) is 4.93. The van der Waals surface area contributed by atoms with E-state index >= 15 is 0 Å². The van der Waals surface area contributed by atoms with Crippen molar-refractivity contribution in [3.8, 4) is 0 Å². The van der Waals surface area contributed by atoms with Gasteiger partial charge in [0.25, 0.3) is 11.5 Å². The number of halogens is 1. The van der Waals surface area contributed by atoms with Crippen LogP contribution >= 0.6 is 27.3 Å². The minimum Gasteiger partial charge on any atom is -0.267 e. The number of aromatic nitrogens is 2. The maximum atomic E-state index is 13.0. The summed E-state index contributed by atoms with van der Waals surface area (Å²) in [5.41, 5.74) is 4.11. The Morgan fingerprint density at radius 3 is 2.92 bits per heavy atom. The number of hydrogen-bond donors (Lipinski definition) is 1. The number of benzene rings is 1. The molecule has 0 saturated heterocycles. The number of thiophene rings is 1. The topological polar surface area (TPSA) is 64.0 Å². The highest BCUT2D eigenvalue weighted by molar-refractivity contribution is 9.10. The molecule has 7 heteroatoms. The molecular weight excluding hydrogens is 402 g/mol. The van der Waals surface area contributed by atoms with Gasteiger partial charge in [0.05, 0.1) is 5.39 Å². The van der Waals surface area contributed by atoms with Crippen molar-refractivity contribution in [2.75, 3.05) is 5.43 Å². The van der Waals surface area contributed by atoms with Gasteiger partial charge in [-0.3, -0.25) is 15.0 Å². The largest absolute Gasteiger partial charge is 0.281 e. The van der Waals surface area contributed by atoms with Crippen LogP contribution in [0.3, 0.4) is 0 Å². The van der Waals surface area contributed by atoms with Crippen LogP contribution in [0.15, 0.2) is 33.5 Å². The molecule has 0 radical (unpaired) electrons. The standard InChI is InChI=1S/C18H16BrN3O2S/c1-10-20-17-15(13-7-2-3-8-14(13)25-17)18(24)22(10)21-16(23)11-5-4-6-12(19)9-11/h4-6,9H,2-3,7-8H2,1H3,(H,21,23). The summed E-state index contributed by atoms with van der Waals surface area (Å²) in [6.45, 7) is 1.74. The summed E-state index contributed by atoms with van der Waals surface area (Å²) in [7, 11) is 0. The molecule has 4 rings (SSSR count). The van der Waals surface area contributed by atoms with E-state index in [-0.39, 0.29) is 11.5 Å². The molecule has 5 nitrogen and oxygen atoms in total. The van der Waals surface area contributed by atoms with E-state index < -0.39 is 0 Å². The van der Waals surface area contributed by atoms with Gasteiger partial charge in [0, 0.05) is 14.9 Å². The summed E-state index contributed by atoms with van der Waals surface area (Å²) in [5.74, 6) is 0.149. The Morgan fingerprint density at radius 2 is 2.12 bits per heavy atom. The van der Waals surface area contributed by atoms with Crippen LogP contribution < -0.4 is 11.0 Å². The maximum Gasteiger partial charge on any atom is 0.281 e. The molecule has 0 aliphatic heterocycles. The summed E-state index contributed by atoms with van der Waals surface area (Å²) in [5, 5.41) is 0.667. The van der Waals surface area contributed by atoms with E-state index in [0.717, 1.165) is 40.5 Å². The summed E-state index contributed by atoms with van der Waals surface area (Å²) in [6.07, 6.45) is 4.18. The molecule has 0 spiro atoms. The maximum absolute atomic E-state index is 13.0. The zero-order chi connectivity index (χ0) is 17.6. The van der Waals surface area contributed by atoms with Gasteiger partial charge in [-0.25, -0.2) is 9.66 Å². The first-order valence-corrected chi connectivity index (χ1v) is 9.76. The minimum absolute atomic E-state index is 0.190. The minimum atomic E-state index is -0.336. The van der Waals surface area contributed by atoms with Crippen molar-refractivity contribution in [2.24, 2.45) is 0 Å². The lowest BCUT2D eigenvalue weighted by Crippen LogP contribution is -2.35. The van der Waals surface area contributed by atoms with Crippen molar-refractivity contribution in [1.29, 1.82) is 0 Å². The predicted molar refractivity (Wildman–Crippen MR) is 103 cm³/mol. The number of nitrogens with zero attached hydrogens (tertiary/aromatic N) is 2. The van der Waals surface area contributed by atoms with Gasteiger partial charge < -0.3 is 0 Å². The number of amides is 1. The van der Waals surface area contributed by atoms with Crippen molar-refractivity contribution < 1.29 is 4.79 Å². The van der Waals surface area contributed by atoms with Gasteiger partial charge in [-0.15, -0.1) is 11.3 Å². The lowest BCUT2D eigenvalue weighted by atomic mass is 9.97. The molecule has 0 fully saturated rings. The van der Waals surface area contributed by atoms with E-state index in [1.165, 1.54) is 9.55 Å². The molecule has 1 amide bonds. The Labute approximate surface area is 156 Å². The Bertz CT molecular complexity index is 1050. The number of hydrogen-bond acceptors (Lipinski definition) is 4. The quantitative estimate of drug-likeness (QED) is 0.689. The van der Waals surface area contributed by atoms with E-state index in [1.807, 2.05) is 6.07 Å². The molecule has 1 N–H and O–H groups in total. The van der Waals surface area contributed by atoms with Crippen LogP contribution in [0.1, 0.15) is 39.5 Å². The molecule has 128 valence electrons. The molecule has 1 aliphatic carbocycles. The predicted octanol–water partition coefficient (Wildman–Crippen LogP) is 3.79. The molecule has 0 unspecified atom stereocenters. The molecule has 0 saturated carbocycles. The van der Waals surface area contributed by atoms with Crippen LogP contribution in [0.5, 0.6) is 0 Å². The fraction of sp³-hybridized carbons (Fsp3) is 0.278. The molecule has 2 aromatic heterocycles. The summed E-state index contributed by atoms with van der Waals surface area (Å²) in [4.78, 5) is 32.1. The van der Waals surface area contributed by atoms with Crippen LogP contribution in [-0.4, -0.2) is 15.6 Å². The monoisotopic (exact) mass is 417 g/mol. The highest BCUT2D eigenvalue weighted by Gasteiger charge is 2.22. The second kappa shape index (κ2) is 6.38. The molecular formula is C18H16BrN3O2S. The Morgan fingerprint density at radius 1 is 1.32 bits per heavy atom. The third-order valence-electron chi connectivity index (χ3n) is 4.46. The smallest absolute Gasteiger partial charge is 0.267 e. The van der Waals surface area contributed by atoms with Crippen molar-refractivity contribution >= 4 is 43.4 Å². The number of carbonyl (C=O) groups excluding carboxylic acids is 1. The first-order valence-electron chi connectivity index (χ1n) is 8.15. The number of nitrogens with one attached hydrogen (secondary N) is 1. The van der Waals surface area contributed by atoms with Gasteiger partial charge in [-0.05, 0) is 56.4 Å².